The van der Waals surface area contributed by atoms with Crippen LogP contribution >= 0.6 is 11.6 Å². The minimum absolute atomic E-state index is 0.0412. The molecule has 7 heteroatoms. The lowest BCUT2D eigenvalue weighted by Crippen LogP contribution is -2.09. The van der Waals surface area contributed by atoms with Crippen molar-refractivity contribution in [1.29, 1.82) is 0 Å². The molecular weight excluding hydrogens is 278 g/mol. The Hall–Kier alpha value is -2.08. The van der Waals surface area contributed by atoms with E-state index in [9.17, 15) is 5.11 Å². The molecule has 106 valence electrons. The monoisotopic (exact) mass is 293 g/mol. The first-order chi connectivity index (χ1) is 9.60. The highest BCUT2D eigenvalue weighted by molar-refractivity contribution is 6.30. The van der Waals surface area contributed by atoms with Crippen LogP contribution in [0.4, 0.5) is 11.9 Å². The van der Waals surface area contributed by atoms with Gasteiger partial charge in [-0.2, -0.15) is 15.0 Å². The van der Waals surface area contributed by atoms with Crippen LogP contribution in [0.2, 0.25) is 5.02 Å². The van der Waals surface area contributed by atoms with E-state index in [1.165, 1.54) is 6.07 Å². The third-order valence-electron chi connectivity index (χ3n) is 2.67. The molecule has 0 unspecified atom stereocenters. The van der Waals surface area contributed by atoms with Crippen LogP contribution in [0.1, 0.15) is 19.8 Å². The van der Waals surface area contributed by atoms with Crippen molar-refractivity contribution in [3.05, 3.63) is 23.2 Å². The summed E-state index contributed by atoms with van der Waals surface area (Å²) in [4.78, 5) is 12.3. The average molecular weight is 294 g/mol. The fourth-order valence-electron chi connectivity index (χ4n) is 1.66. The molecule has 0 bridgehead atoms. The van der Waals surface area contributed by atoms with E-state index in [-0.39, 0.29) is 17.5 Å². The molecule has 2 aromatic rings. The van der Waals surface area contributed by atoms with Crippen LogP contribution in [0.15, 0.2) is 18.2 Å². The summed E-state index contributed by atoms with van der Waals surface area (Å²) in [5.74, 6) is 0.810. The summed E-state index contributed by atoms with van der Waals surface area (Å²) in [6.45, 7) is 2.85. The quantitative estimate of drug-likeness (QED) is 0.733. The molecule has 0 fully saturated rings. The number of aromatic nitrogens is 3. The number of unbranched alkanes of at least 4 members (excludes halogenated alkanes) is 1. The molecule has 2 rings (SSSR count). The zero-order chi connectivity index (χ0) is 14.5. The SMILES string of the molecule is CCCCNc1nc(N)nc(-c2cc(Cl)ccc2O)n1. The molecule has 0 aliphatic rings. The number of aromatic hydroxyl groups is 1. The average Bonchev–Trinajstić information content (AvgIpc) is 2.41. The lowest BCUT2D eigenvalue weighted by molar-refractivity contribution is 0.477. The maximum atomic E-state index is 9.86. The molecule has 0 aliphatic carbocycles. The fourth-order valence-corrected chi connectivity index (χ4v) is 1.83. The number of phenols is 1. The Labute approximate surface area is 122 Å². The molecule has 0 radical (unpaired) electrons. The summed E-state index contributed by atoms with van der Waals surface area (Å²) in [7, 11) is 0. The van der Waals surface area contributed by atoms with Crippen molar-refractivity contribution in [2.45, 2.75) is 19.8 Å². The topological polar surface area (TPSA) is 97.0 Å². The van der Waals surface area contributed by atoms with Gasteiger partial charge in [-0.3, -0.25) is 0 Å². The first-order valence-corrected chi connectivity index (χ1v) is 6.72. The number of hydrogen-bond donors (Lipinski definition) is 3. The second kappa shape index (κ2) is 6.38. The van der Waals surface area contributed by atoms with E-state index in [1.807, 2.05) is 0 Å². The third-order valence-corrected chi connectivity index (χ3v) is 2.90. The van der Waals surface area contributed by atoms with Crippen LogP contribution in [-0.2, 0) is 0 Å². The van der Waals surface area contributed by atoms with Gasteiger partial charge in [-0.05, 0) is 24.6 Å². The molecule has 1 heterocycles. The number of rotatable bonds is 5. The molecule has 6 nitrogen and oxygen atoms in total. The highest BCUT2D eigenvalue weighted by atomic mass is 35.5. The van der Waals surface area contributed by atoms with Crippen LogP contribution < -0.4 is 11.1 Å². The Bertz CT molecular complexity index is 605. The van der Waals surface area contributed by atoms with E-state index < -0.39 is 0 Å². The van der Waals surface area contributed by atoms with Gasteiger partial charge in [0, 0.05) is 11.6 Å². The molecule has 0 spiro atoms. The number of nitrogens with one attached hydrogen (secondary N) is 1. The van der Waals surface area contributed by atoms with Crippen LogP contribution in [-0.4, -0.2) is 26.6 Å². The van der Waals surface area contributed by atoms with Crippen LogP contribution in [0.3, 0.4) is 0 Å². The molecule has 0 saturated carbocycles. The predicted octanol–water partition coefficient (Wildman–Crippen LogP) is 2.69. The van der Waals surface area contributed by atoms with Gasteiger partial charge in [0.05, 0.1) is 5.56 Å². The predicted molar refractivity (Wildman–Crippen MR) is 79.7 cm³/mol. The zero-order valence-corrected chi connectivity index (χ0v) is 11.9. The largest absolute Gasteiger partial charge is 0.507 e. The number of nitrogens with zero attached hydrogens (tertiary/aromatic N) is 3. The Morgan fingerprint density at radius 3 is 2.85 bits per heavy atom. The molecule has 0 amide bonds. The second-order valence-corrected chi connectivity index (χ2v) is 4.72. The number of nitrogen functional groups attached to an aromatic ring is 1. The van der Waals surface area contributed by atoms with Gasteiger partial charge >= 0.3 is 0 Å². The molecule has 0 aliphatic heterocycles. The number of phenolic OH excluding ortho intramolecular Hbond substituents is 1. The van der Waals surface area contributed by atoms with E-state index in [1.54, 1.807) is 12.1 Å². The van der Waals surface area contributed by atoms with E-state index in [2.05, 4.69) is 27.2 Å². The fraction of sp³-hybridized carbons (Fsp3) is 0.308. The van der Waals surface area contributed by atoms with Crippen molar-refractivity contribution < 1.29 is 5.11 Å². The van der Waals surface area contributed by atoms with Crippen LogP contribution in [0, 0.1) is 0 Å². The summed E-state index contributed by atoms with van der Waals surface area (Å²) in [5.41, 5.74) is 6.09. The van der Waals surface area contributed by atoms with Crippen LogP contribution in [0.5, 0.6) is 5.75 Å². The number of anilines is 2. The molecule has 1 aromatic carbocycles. The number of hydrogen-bond acceptors (Lipinski definition) is 6. The molecule has 4 N–H and O–H groups in total. The number of benzene rings is 1. The summed E-state index contributed by atoms with van der Waals surface area (Å²) in [6.07, 6.45) is 2.07. The standard InChI is InChI=1S/C13H16ClN5O/c1-2-3-6-16-13-18-11(17-12(15)19-13)9-7-8(14)4-5-10(9)20/h4-5,7,20H,2-3,6H2,1H3,(H3,15,16,17,18,19). The Morgan fingerprint density at radius 2 is 2.10 bits per heavy atom. The molecule has 1 aromatic heterocycles. The minimum atomic E-state index is 0.0412. The van der Waals surface area contributed by atoms with E-state index in [0.717, 1.165) is 19.4 Å². The molecular formula is C13H16ClN5O. The highest BCUT2D eigenvalue weighted by Gasteiger charge is 2.11. The second-order valence-electron chi connectivity index (χ2n) is 4.28. The van der Waals surface area contributed by atoms with Gasteiger partial charge in [0.15, 0.2) is 5.82 Å². The van der Waals surface area contributed by atoms with Gasteiger partial charge in [0.2, 0.25) is 11.9 Å². The number of nitrogens with two attached hydrogens (primary N) is 1. The Balaban J connectivity index is 2.34. The highest BCUT2D eigenvalue weighted by Crippen LogP contribution is 2.29. The van der Waals surface area contributed by atoms with Gasteiger partial charge in [-0.25, -0.2) is 0 Å². The van der Waals surface area contributed by atoms with Gasteiger partial charge < -0.3 is 16.2 Å². The van der Waals surface area contributed by atoms with E-state index in [0.29, 0.717) is 16.5 Å². The van der Waals surface area contributed by atoms with Crippen molar-refractivity contribution >= 4 is 23.5 Å². The normalized spacial score (nSPS) is 10.5. The lowest BCUT2D eigenvalue weighted by Gasteiger charge is -2.08. The smallest absolute Gasteiger partial charge is 0.228 e. The summed E-state index contributed by atoms with van der Waals surface area (Å²) in [6, 6.07) is 4.66. The van der Waals surface area contributed by atoms with Crippen molar-refractivity contribution in [2.24, 2.45) is 0 Å². The maximum Gasteiger partial charge on any atom is 0.228 e. The van der Waals surface area contributed by atoms with Gasteiger partial charge in [0.1, 0.15) is 5.75 Å². The van der Waals surface area contributed by atoms with Crippen LogP contribution in [0.25, 0.3) is 11.4 Å². The van der Waals surface area contributed by atoms with Gasteiger partial charge in [-0.1, -0.05) is 24.9 Å². The van der Waals surface area contributed by atoms with Crippen molar-refractivity contribution in [1.82, 2.24) is 15.0 Å². The first-order valence-electron chi connectivity index (χ1n) is 6.34. The molecule has 0 atom stereocenters. The van der Waals surface area contributed by atoms with Gasteiger partial charge in [0.25, 0.3) is 0 Å². The molecule has 0 saturated heterocycles. The summed E-state index contributed by atoms with van der Waals surface area (Å²) < 4.78 is 0. The summed E-state index contributed by atoms with van der Waals surface area (Å²) in [5, 5.41) is 13.4. The number of halogens is 1. The first kappa shape index (κ1) is 14.3. The molecule has 20 heavy (non-hydrogen) atoms. The third kappa shape index (κ3) is 3.48. The van der Waals surface area contributed by atoms with E-state index in [4.69, 9.17) is 17.3 Å². The maximum absolute atomic E-state index is 9.86. The Kier molecular flexibility index (Phi) is 4.57. The zero-order valence-electron chi connectivity index (χ0n) is 11.1. The lowest BCUT2D eigenvalue weighted by atomic mass is 10.2. The van der Waals surface area contributed by atoms with Crippen molar-refractivity contribution in [3.8, 4) is 17.1 Å². The Morgan fingerprint density at radius 1 is 1.30 bits per heavy atom. The van der Waals surface area contributed by atoms with Crippen molar-refractivity contribution in [2.75, 3.05) is 17.6 Å². The van der Waals surface area contributed by atoms with Crippen molar-refractivity contribution in [3.63, 3.8) is 0 Å². The van der Waals surface area contributed by atoms with Gasteiger partial charge in [-0.15, -0.1) is 0 Å². The van der Waals surface area contributed by atoms with E-state index >= 15 is 0 Å². The minimum Gasteiger partial charge on any atom is -0.507 e. The summed E-state index contributed by atoms with van der Waals surface area (Å²) >= 11 is 5.92.